The molecular formula is C15H16FN3O2. The molecule has 0 fully saturated rings. The Balaban J connectivity index is 2.05. The summed E-state index contributed by atoms with van der Waals surface area (Å²) in [7, 11) is 1.55. The molecule has 0 unspecified atom stereocenters. The Hall–Kier alpha value is -2.47. The van der Waals surface area contributed by atoms with Gasteiger partial charge in [0.15, 0.2) is 0 Å². The van der Waals surface area contributed by atoms with Gasteiger partial charge in [-0.05, 0) is 18.2 Å². The van der Waals surface area contributed by atoms with Gasteiger partial charge >= 0.3 is 0 Å². The number of nitrogen functional groups attached to an aromatic ring is 1. The normalized spacial score (nSPS) is 10.4. The number of hydrogen-bond donors (Lipinski definition) is 2. The number of methoxy groups -OCH3 is 1. The maximum Gasteiger partial charge on any atom is 0.255 e. The molecule has 110 valence electrons. The van der Waals surface area contributed by atoms with Crippen LogP contribution in [0.2, 0.25) is 0 Å². The Morgan fingerprint density at radius 3 is 2.76 bits per heavy atom. The highest BCUT2D eigenvalue weighted by Gasteiger charge is 2.12. The molecule has 3 N–H and O–H groups in total. The fourth-order valence-corrected chi connectivity index (χ4v) is 1.85. The maximum atomic E-state index is 13.5. The lowest BCUT2D eigenvalue weighted by molar-refractivity contribution is 0.0951. The molecule has 1 aromatic carbocycles. The molecule has 21 heavy (non-hydrogen) atoms. The average molecular weight is 289 g/mol. The highest BCUT2D eigenvalue weighted by molar-refractivity contribution is 5.98. The molecule has 0 aliphatic heterocycles. The van der Waals surface area contributed by atoms with E-state index in [1.807, 2.05) is 0 Å². The van der Waals surface area contributed by atoms with Gasteiger partial charge in [0.2, 0.25) is 0 Å². The van der Waals surface area contributed by atoms with Crippen molar-refractivity contribution in [2.24, 2.45) is 0 Å². The predicted octanol–water partition coefficient (Wildman–Crippen LogP) is 1.88. The molecule has 1 amide bonds. The van der Waals surface area contributed by atoms with Crippen molar-refractivity contribution in [2.45, 2.75) is 13.2 Å². The quantitative estimate of drug-likeness (QED) is 0.881. The number of amides is 1. The zero-order valence-corrected chi connectivity index (χ0v) is 11.6. The number of anilines is 1. The van der Waals surface area contributed by atoms with E-state index in [2.05, 4.69) is 10.3 Å². The van der Waals surface area contributed by atoms with Gasteiger partial charge in [-0.2, -0.15) is 0 Å². The van der Waals surface area contributed by atoms with Crippen LogP contribution < -0.4 is 11.1 Å². The van der Waals surface area contributed by atoms with Crippen LogP contribution in [0.25, 0.3) is 0 Å². The second-order valence-corrected chi connectivity index (χ2v) is 4.44. The molecule has 2 aromatic rings. The van der Waals surface area contributed by atoms with Crippen LogP contribution in [-0.4, -0.2) is 18.0 Å². The molecular weight excluding hydrogens is 273 g/mol. The molecule has 0 saturated carbocycles. The monoisotopic (exact) mass is 289 g/mol. The number of nitrogens with one attached hydrogen (secondary N) is 1. The second-order valence-electron chi connectivity index (χ2n) is 4.44. The molecule has 0 aliphatic rings. The number of ether oxygens (including phenoxy) is 1. The molecule has 0 radical (unpaired) electrons. The minimum Gasteiger partial charge on any atom is -0.383 e. The molecule has 1 heterocycles. The number of pyridine rings is 1. The van der Waals surface area contributed by atoms with Crippen molar-refractivity contribution in [3.63, 3.8) is 0 Å². The van der Waals surface area contributed by atoms with Crippen LogP contribution >= 0.6 is 0 Å². The lowest BCUT2D eigenvalue weighted by Crippen LogP contribution is -2.24. The van der Waals surface area contributed by atoms with E-state index in [-0.39, 0.29) is 23.7 Å². The molecule has 2 rings (SSSR count). The highest BCUT2D eigenvalue weighted by atomic mass is 19.1. The van der Waals surface area contributed by atoms with Gasteiger partial charge in [-0.25, -0.2) is 9.37 Å². The van der Waals surface area contributed by atoms with Crippen molar-refractivity contribution in [2.75, 3.05) is 12.8 Å². The van der Waals surface area contributed by atoms with Crippen molar-refractivity contribution in [1.29, 1.82) is 0 Å². The number of nitrogens with two attached hydrogens (primary N) is 1. The maximum absolute atomic E-state index is 13.5. The van der Waals surface area contributed by atoms with E-state index in [0.29, 0.717) is 17.9 Å². The summed E-state index contributed by atoms with van der Waals surface area (Å²) in [6.07, 6.45) is 0. The molecule has 0 saturated heterocycles. The Labute approximate surface area is 121 Å². The van der Waals surface area contributed by atoms with Gasteiger partial charge in [-0.15, -0.1) is 0 Å². The number of carbonyl (C=O) groups is 1. The minimum absolute atomic E-state index is 0.0881. The molecule has 1 aromatic heterocycles. The van der Waals surface area contributed by atoms with Crippen molar-refractivity contribution >= 4 is 11.7 Å². The Morgan fingerprint density at radius 2 is 2.10 bits per heavy atom. The SMILES string of the molecule is COCc1ccc(C(=O)NCc2ccccc2F)c(N)n1. The number of nitrogens with zero attached hydrogens (tertiary/aromatic N) is 1. The summed E-state index contributed by atoms with van der Waals surface area (Å²) in [5.41, 5.74) is 7.06. The second kappa shape index (κ2) is 6.81. The van der Waals surface area contributed by atoms with E-state index in [0.717, 1.165) is 0 Å². The molecule has 0 spiro atoms. The smallest absolute Gasteiger partial charge is 0.255 e. The van der Waals surface area contributed by atoms with E-state index in [1.54, 1.807) is 37.4 Å². The minimum atomic E-state index is -0.396. The Kier molecular flexibility index (Phi) is 4.84. The van der Waals surface area contributed by atoms with Crippen LogP contribution in [-0.2, 0) is 17.9 Å². The first-order valence-electron chi connectivity index (χ1n) is 6.37. The summed E-state index contributed by atoms with van der Waals surface area (Å²) in [5.74, 6) is -0.637. The summed E-state index contributed by atoms with van der Waals surface area (Å²) in [6.45, 7) is 0.409. The number of hydrogen-bond acceptors (Lipinski definition) is 4. The largest absolute Gasteiger partial charge is 0.383 e. The van der Waals surface area contributed by atoms with E-state index in [9.17, 15) is 9.18 Å². The van der Waals surface area contributed by atoms with E-state index in [1.165, 1.54) is 6.07 Å². The summed E-state index contributed by atoms with van der Waals surface area (Å²) < 4.78 is 18.4. The third-order valence-electron chi connectivity index (χ3n) is 2.92. The van der Waals surface area contributed by atoms with Crippen molar-refractivity contribution in [3.05, 3.63) is 59.0 Å². The lowest BCUT2D eigenvalue weighted by Gasteiger charge is -2.09. The highest BCUT2D eigenvalue weighted by Crippen LogP contribution is 2.11. The lowest BCUT2D eigenvalue weighted by atomic mass is 10.2. The number of aromatic nitrogens is 1. The Bertz CT molecular complexity index is 647. The van der Waals surface area contributed by atoms with Crippen LogP contribution in [0.1, 0.15) is 21.6 Å². The Morgan fingerprint density at radius 1 is 1.33 bits per heavy atom. The van der Waals surface area contributed by atoms with Crippen LogP contribution in [0.4, 0.5) is 10.2 Å². The van der Waals surface area contributed by atoms with Gasteiger partial charge in [0.05, 0.1) is 17.9 Å². The van der Waals surface area contributed by atoms with Gasteiger partial charge in [0, 0.05) is 19.2 Å². The number of halogens is 1. The molecule has 0 bridgehead atoms. The first kappa shape index (κ1) is 14.9. The topological polar surface area (TPSA) is 77.2 Å². The van der Waals surface area contributed by atoms with E-state index < -0.39 is 5.91 Å². The van der Waals surface area contributed by atoms with Gasteiger partial charge in [0.1, 0.15) is 11.6 Å². The van der Waals surface area contributed by atoms with Crippen LogP contribution in [0, 0.1) is 5.82 Å². The van der Waals surface area contributed by atoms with Gasteiger partial charge in [0.25, 0.3) is 5.91 Å². The summed E-state index contributed by atoms with van der Waals surface area (Å²) in [6, 6.07) is 9.50. The first-order valence-corrected chi connectivity index (χ1v) is 6.37. The van der Waals surface area contributed by atoms with Crippen LogP contribution in [0.15, 0.2) is 36.4 Å². The molecule has 5 nitrogen and oxygen atoms in total. The van der Waals surface area contributed by atoms with Gasteiger partial charge < -0.3 is 15.8 Å². The first-order chi connectivity index (χ1) is 10.1. The van der Waals surface area contributed by atoms with Crippen LogP contribution in [0.5, 0.6) is 0 Å². The predicted molar refractivity (Wildman–Crippen MR) is 76.9 cm³/mol. The zero-order valence-electron chi connectivity index (χ0n) is 11.6. The number of carbonyl (C=O) groups excluding carboxylic acids is 1. The summed E-state index contributed by atoms with van der Waals surface area (Å²) >= 11 is 0. The fraction of sp³-hybridized carbons (Fsp3) is 0.200. The zero-order chi connectivity index (χ0) is 15.2. The van der Waals surface area contributed by atoms with Gasteiger partial charge in [-0.1, -0.05) is 18.2 Å². The van der Waals surface area contributed by atoms with E-state index in [4.69, 9.17) is 10.5 Å². The summed E-state index contributed by atoms with van der Waals surface area (Å²) in [5, 5.41) is 2.62. The van der Waals surface area contributed by atoms with Gasteiger partial charge in [-0.3, -0.25) is 4.79 Å². The molecule has 6 heteroatoms. The third kappa shape index (κ3) is 3.76. The molecule has 0 aliphatic carbocycles. The number of benzene rings is 1. The van der Waals surface area contributed by atoms with Crippen molar-refractivity contribution in [1.82, 2.24) is 10.3 Å². The molecule has 0 atom stereocenters. The number of rotatable bonds is 5. The third-order valence-corrected chi connectivity index (χ3v) is 2.92. The standard InChI is InChI=1S/C15H16FN3O2/c1-21-9-11-6-7-12(14(17)19-11)15(20)18-8-10-4-2-3-5-13(10)16/h2-7H,8-9H2,1H3,(H2,17,19)(H,18,20). The average Bonchev–Trinajstić information content (AvgIpc) is 2.46. The van der Waals surface area contributed by atoms with Crippen LogP contribution in [0.3, 0.4) is 0 Å². The van der Waals surface area contributed by atoms with Crippen molar-refractivity contribution in [3.8, 4) is 0 Å². The van der Waals surface area contributed by atoms with Crippen molar-refractivity contribution < 1.29 is 13.9 Å². The van der Waals surface area contributed by atoms with E-state index >= 15 is 0 Å². The summed E-state index contributed by atoms with van der Waals surface area (Å²) in [4.78, 5) is 16.1. The fourth-order valence-electron chi connectivity index (χ4n) is 1.85.